The van der Waals surface area contributed by atoms with Crippen LogP contribution in [0.25, 0.3) is 10.9 Å². The van der Waals surface area contributed by atoms with Crippen LogP contribution in [0.2, 0.25) is 0 Å². The first kappa shape index (κ1) is 16.2. The lowest BCUT2D eigenvalue weighted by Gasteiger charge is -2.21. The van der Waals surface area contributed by atoms with Crippen molar-refractivity contribution in [3.63, 3.8) is 0 Å². The van der Waals surface area contributed by atoms with E-state index in [1.165, 1.54) is 10.9 Å². The maximum Gasteiger partial charge on any atom is 0.126 e. The third kappa shape index (κ3) is 3.02. The molecule has 0 fully saturated rings. The minimum atomic E-state index is -0.0213. The number of nitrogens with one attached hydrogen (secondary N) is 2. The predicted octanol–water partition coefficient (Wildman–Crippen LogP) is 5.08. The van der Waals surface area contributed by atoms with Gasteiger partial charge in [-0.2, -0.15) is 0 Å². The molecule has 0 aliphatic rings. The Balaban J connectivity index is 1.85. The number of aromatic nitrogens is 2. The van der Waals surface area contributed by atoms with Crippen molar-refractivity contribution in [2.45, 2.75) is 13.0 Å². The zero-order valence-corrected chi connectivity index (χ0v) is 14.9. The minimum Gasteiger partial charge on any atom is -0.497 e. The van der Waals surface area contributed by atoms with E-state index in [0.29, 0.717) is 0 Å². The largest absolute Gasteiger partial charge is 0.497 e. The van der Waals surface area contributed by atoms with Gasteiger partial charge in [-0.05, 0) is 42.8 Å². The molecule has 0 unspecified atom stereocenters. The number of rotatable bonds is 5. The van der Waals surface area contributed by atoms with E-state index in [-0.39, 0.29) is 6.04 Å². The highest BCUT2D eigenvalue weighted by atomic mass is 16.5. The van der Waals surface area contributed by atoms with Crippen LogP contribution in [0.3, 0.4) is 0 Å². The van der Waals surface area contributed by atoms with Gasteiger partial charge in [0.15, 0.2) is 0 Å². The molecule has 2 aromatic heterocycles. The second kappa shape index (κ2) is 6.92. The van der Waals surface area contributed by atoms with Gasteiger partial charge < -0.3 is 15.0 Å². The van der Waals surface area contributed by atoms with Gasteiger partial charge in [-0.15, -0.1) is 0 Å². The summed E-state index contributed by atoms with van der Waals surface area (Å²) in [6.45, 7) is 2.12. The zero-order valence-electron chi connectivity index (χ0n) is 14.9. The number of H-pyrrole nitrogens is 1. The number of anilines is 1. The Labute approximate surface area is 152 Å². The number of hydrogen-bond acceptors (Lipinski definition) is 3. The molecular weight excluding hydrogens is 322 g/mol. The summed E-state index contributed by atoms with van der Waals surface area (Å²) >= 11 is 0. The van der Waals surface area contributed by atoms with Crippen LogP contribution in [0.1, 0.15) is 22.9 Å². The fourth-order valence-corrected chi connectivity index (χ4v) is 3.38. The number of hydrogen-bond donors (Lipinski definition) is 2. The van der Waals surface area contributed by atoms with Gasteiger partial charge in [-0.3, -0.25) is 0 Å². The van der Waals surface area contributed by atoms with Crippen molar-refractivity contribution < 1.29 is 4.74 Å². The number of fused-ring (bicyclic) bond motifs is 1. The fourth-order valence-electron chi connectivity index (χ4n) is 3.38. The van der Waals surface area contributed by atoms with Crippen molar-refractivity contribution in [3.8, 4) is 5.75 Å². The molecule has 2 heterocycles. The quantitative estimate of drug-likeness (QED) is 0.531. The lowest BCUT2D eigenvalue weighted by atomic mass is 9.96. The van der Waals surface area contributed by atoms with Gasteiger partial charge >= 0.3 is 0 Å². The summed E-state index contributed by atoms with van der Waals surface area (Å²) in [5, 5.41) is 4.81. The average Bonchev–Trinajstić information content (AvgIpc) is 3.03. The predicted molar refractivity (Wildman–Crippen MR) is 106 cm³/mol. The number of ether oxygens (including phenoxy) is 1. The van der Waals surface area contributed by atoms with Crippen LogP contribution in [-0.4, -0.2) is 17.1 Å². The smallest absolute Gasteiger partial charge is 0.126 e. The maximum absolute atomic E-state index is 5.31. The Morgan fingerprint density at radius 2 is 1.73 bits per heavy atom. The van der Waals surface area contributed by atoms with E-state index < -0.39 is 0 Å². The van der Waals surface area contributed by atoms with Crippen molar-refractivity contribution >= 4 is 16.7 Å². The number of nitrogens with zero attached hydrogens (tertiary/aromatic N) is 1. The highest BCUT2D eigenvalue weighted by Gasteiger charge is 2.21. The van der Waals surface area contributed by atoms with Crippen LogP contribution >= 0.6 is 0 Å². The molecule has 0 aliphatic carbocycles. The van der Waals surface area contributed by atoms with E-state index >= 15 is 0 Å². The molecule has 0 aliphatic heterocycles. The van der Waals surface area contributed by atoms with Crippen LogP contribution in [0.4, 0.5) is 5.82 Å². The summed E-state index contributed by atoms with van der Waals surface area (Å²) in [7, 11) is 1.68. The number of methoxy groups -OCH3 is 1. The maximum atomic E-state index is 5.31. The number of para-hydroxylation sites is 1. The molecule has 0 saturated heterocycles. The van der Waals surface area contributed by atoms with Crippen LogP contribution < -0.4 is 10.1 Å². The zero-order chi connectivity index (χ0) is 17.9. The third-order valence-electron chi connectivity index (χ3n) is 4.64. The molecule has 130 valence electrons. The molecule has 26 heavy (non-hydrogen) atoms. The van der Waals surface area contributed by atoms with Crippen LogP contribution in [0.15, 0.2) is 72.9 Å². The Kier molecular flexibility index (Phi) is 4.32. The van der Waals surface area contributed by atoms with Crippen molar-refractivity contribution in [3.05, 3.63) is 89.7 Å². The molecule has 0 bridgehead atoms. The SMILES string of the molecule is COc1ccc([C@@H](Nc2ccccn2)c2c(C)[nH]c3ccccc23)cc1. The normalized spacial score (nSPS) is 12.1. The molecule has 1 atom stereocenters. The minimum absolute atomic E-state index is 0.0213. The highest BCUT2D eigenvalue weighted by molar-refractivity contribution is 5.86. The molecule has 0 spiro atoms. The Bertz CT molecular complexity index is 1010. The van der Waals surface area contributed by atoms with Crippen molar-refractivity contribution in [1.29, 1.82) is 0 Å². The number of benzene rings is 2. The van der Waals surface area contributed by atoms with Crippen LogP contribution in [0, 0.1) is 6.92 Å². The molecule has 4 heteroatoms. The van der Waals surface area contributed by atoms with Gasteiger partial charge in [0.1, 0.15) is 11.6 Å². The second-order valence-electron chi connectivity index (χ2n) is 6.27. The van der Waals surface area contributed by atoms with Crippen molar-refractivity contribution in [2.75, 3.05) is 12.4 Å². The second-order valence-corrected chi connectivity index (χ2v) is 6.27. The van der Waals surface area contributed by atoms with Gasteiger partial charge in [-0.25, -0.2) is 4.98 Å². The Hall–Kier alpha value is -3.27. The number of aromatic amines is 1. The summed E-state index contributed by atoms with van der Waals surface area (Å²) in [6, 6.07) is 22.4. The Morgan fingerprint density at radius 3 is 2.46 bits per heavy atom. The van der Waals surface area contributed by atoms with Gasteiger partial charge in [0, 0.05) is 28.4 Å². The first-order valence-electron chi connectivity index (χ1n) is 8.65. The van der Waals surface area contributed by atoms with E-state index in [1.807, 2.05) is 30.3 Å². The third-order valence-corrected chi connectivity index (χ3v) is 4.64. The van der Waals surface area contributed by atoms with Gasteiger partial charge in [-0.1, -0.05) is 36.4 Å². The fraction of sp³-hybridized carbons (Fsp3) is 0.136. The van der Waals surface area contributed by atoms with Crippen LogP contribution in [-0.2, 0) is 0 Å². The van der Waals surface area contributed by atoms with Crippen molar-refractivity contribution in [1.82, 2.24) is 9.97 Å². The standard InChI is InChI=1S/C22H21N3O/c1-15-21(18-7-3-4-8-19(18)24-15)22(25-20-9-5-6-14-23-20)16-10-12-17(26-2)13-11-16/h3-14,22,24H,1-2H3,(H,23,25)/t22-/m1/s1. The van der Waals surface area contributed by atoms with E-state index in [0.717, 1.165) is 28.3 Å². The highest BCUT2D eigenvalue weighted by Crippen LogP contribution is 2.34. The molecule has 0 radical (unpaired) electrons. The first-order valence-corrected chi connectivity index (χ1v) is 8.65. The molecule has 4 aromatic rings. The van der Waals surface area contributed by atoms with Gasteiger partial charge in [0.25, 0.3) is 0 Å². The Morgan fingerprint density at radius 1 is 0.962 bits per heavy atom. The van der Waals surface area contributed by atoms with E-state index in [1.54, 1.807) is 13.3 Å². The van der Waals surface area contributed by atoms with Crippen molar-refractivity contribution in [2.24, 2.45) is 0 Å². The molecule has 0 amide bonds. The molecule has 4 nitrogen and oxygen atoms in total. The first-order chi connectivity index (χ1) is 12.8. The molecular formula is C22H21N3O. The lowest BCUT2D eigenvalue weighted by Crippen LogP contribution is -2.14. The topological polar surface area (TPSA) is 49.9 Å². The average molecular weight is 343 g/mol. The lowest BCUT2D eigenvalue weighted by molar-refractivity contribution is 0.414. The summed E-state index contributed by atoms with van der Waals surface area (Å²) in [5.74, 6) is 1.69. The van der Waals surface area contributed by atoms with E-state index in [4.69, 9.17) is 4.74 Å². The monoisotopic (exact) mass is 343 g/mol. The number of aryl methyl sites for hydroxylation is 1. The summed E-state index contributed by atoms with van der Waals surface area (Å²) in [5.41, 5.74) is 4.68. The number of pyridine rings is 1. The summed E-state index contributed by atoms with van der Waals surface area (Å²) in [4.78, 5) is 7.95. The van der Waals surface area contributed by atoms with Crippen LogP contribution in [0.5, 0.6) is 5.75 Å². The summed E-state index contributed by atoms with van der Waals surface area (Å²) < 4.78 is 5.31. The summed E-state index contributed by atoms with van der Waals surface area (Å²) in [6.07, 6.45) is 1.80. The van der Waals surface area contributed by atoms with E-state index in [9.17, 15) is 0 Å². The molecule has 4 rings (SSSR count). The van der Waals surface area contributed by atoms with Gasteiger partial charge in [0.05, 0.1) is 13.2 Å². The van der Waals surface area contributed by atoms with E-state index in [2.05, 4.69) is 58.6 Å². The molecule has 0 saturated carbocycles. The van der Waals surface area contributed by atoms with Gasteiger partial charge in [0.2, 0.25) is 0 Å². The molecule has 2 N–H and O–H groups in total. The molecule has 2 aromatic carbocycles.